The fraction of sp³-hybridized carbons (Fsp3) is 0.333. The smallest absolute Gasteiger partial charge is 0.161 e. The van der Waals surface area contributed by atoms with E-state index < -0.39 is 0 Å². The van der Waals surface area contributed by atoms with Crippen LogP contribution in [0, 0.1) is 0 Å². The van der Waals surface area contributed by atoms with E-state index in [9.17, 15) is 5.11 Å². The van der Waals surface area contributed by atoms with Crippen molar-refractivity contribution in [3.8, 4) is 11.5 Å². The molecular formula is C12H17NO3. The van der Waals surface area contributed by atoms with E-state index in [2.05, 4.69) is 0 Å². The van der Waals surface area contributed by atoms with E-state index in [1.807, 2.05) is 12.2 Å². The first-order valence-corrected chi connectivity index (χ1v) is 5.07. The molecule has 0 aliphatic carbocycles. The van der Waals surface area contributed by atoms with Crippen molar-refractivity contribution in [2.45, 2.75) is 12.5 Å². The van der Waals surface area contributed by atoms with Gasteiger partial charge in [0.05, 0.1) is 13.7 Å². The molecule has 0 saturated carbocycles. The Hall–Kier alpha value is -1.52. The molecule has 0 aromatic heterocycles. The molecule has 4 nitrogen and oxygen atoms in total. The molecule has 0 heterocycles. The average molecular weight is 223 g/mol. The number of benzene rings is 1. The highest BCUT2D eigenvalue weighted by atomic mass is 16.5. The summed E-state index contributed by atoms with van der Waals surface area (Å²) in [4.78, 5) is 0. The molecule has 1 atom stereocenters. The van der Waals surface area contributed by atoms with Crippen LogP contribution in [0.4, 0.5) is 0 Å². The Morgan fingerprint density at radius 2 is 2.25 bits per heavy atom. The summed E-state index contributed by atoms with van der Waals surface area (Å²) in [5.74, 6) is 0.556. The largest absolute Gasteiger partial charge is 0.504 e. The molecule has 0 bridgehead atoms. The molecule has 4 N–H and O–H groups in total. The minimum absolute atomic E-state index is 0.0246. The molecule has 0 spiro atoms. The third kappa shape index (κ3) is 3.56. The minimum atomic E-state index is -0.227. The second-order valence-electron chi connectivity index (χ2n) is 3.51. The highest BCUT2D eigenvalue weighted by Gasteiger charge is 2.00. The van der Waals surface area contributed by atoms with E-state index in [0.717, 1.165) is 5.56 Å². The van der Waals surface area contributed by atoms with Crippen LogP contribution in [0.15, 0.2) is 24.3 Å². The molecule has 1 unspecified atom stereocenters. The number of phenols is 1. The van der Waals surface area contributed by atoms with Gasteiger partial charge in [0.25, 0.3) is 0 Å². The fourth-order valence-electron chi connectivity index (χ4n) is 1.25. The van der Waals surface area contributed by atoms with Gasteiger partial charge in [0, 0.05) is 6.04 Å². The number of aliphatic hydroxyl groups is 1. The Morgan fingerprint density at radius 1 is 1.50 bits per heavy atom. The van der Waals surface area contributed by atoms with E-state index in [1.165, 1.54) is 7.11 Å². The predicted molar refractivity (Wildman–Crippen MR) is 63.4 cm³/mol. The third-order valence-electron chi connectivity index (χ3n) is 2.19. The van der Waals surface area contributed by atoms with Crippen molar-refractivity contribution >= 4 is 6.08 Å². The maximum atomic E-state index is 9.38. The Labute approximate surface area is 95.0 Å². The van der Waals surface area contributed by atoms with Crippen molar-refractivity contribution in [3.63, 3.8) is 0 Å². The normalized spacial score (nSPS) is 12.9. The number of hydrogen-bond acceptors (Lipinski definition) is 4. The van der Waals surface area contributed by atoms with E-state index >= 15 is 0 Å². The van der Waals surface area contributed by atoms with E-state index in [-0.39, 0.29) is 18.4 Å². The van der Waals surface area contributed by atoms with Gasteiger partial charge in [-0.2, -0.15) is 0 Å². The van der Waals surface area contributed by atoms with Crippen LogP contribution in [0.1, 0.15) is 12.0 Å². The summed E-state index contributed by atoms with van der Waals surface area (Å²) in [5.41, 5.74) is 6.47. The van der Waals surface area contributed by atoms with Crippen molar-refractivity contribution in [1.29, 1.82) is 0 Å². The van der Waals surface area contributed by atoms with Gasteiger partial charge in [0.2, 0.25) is 0 Å². The molecule has 4 heteroatoms. The number of methoxy groups -OCH3 is 1. The minimum Gasteiger partial charge on any atom is -0.504 e. The van der Waals surface area contributed by atoms with Gasteiger partial charge in [-0.05, 0) is 24.1 Å². The van der Waals surface area contributed by atoms with Gasteiger partial charge in [-0.25, -0.2) is 0 Å². The highest BCUT2D eigenvalue weighted by Crippen LogP contribution is 2.26. The zero-order valence-corrected chi connectivity index (χ0v) is 9.26. The Morgan fingerprint density at radius 3 is 2.88 bits per heavy atom. The van der Waals surface area contributed by atoms with E-state index in [1.54, 1.807) is 18.2 Å². The maximum absolute atomic E-state index is 9.38. The number of ether oxygens (including phenoxy) is 1. The Balaban J connectivity index is 2.67. The summed E-state index contributed by atoms with van der Waals surface area (Å²) < 4.78 is 4.99. The van der Waals surface area contributed by atoms with Gasteiger partial charge >= 0.3 is 0 Å². The maximum Gasteiger partial charge on any atom is 0.161 e. The monoisotopic (exact) mass is 223 g/mol. The standard InChI is InChI=1S/C12H17NO3/c1-16-12-7-9(5-6-11(12)15)3-2-4-10(13)8-14/h2-3,5-7,10,14-15H,4,8,13H2,1H3/b3-2+. The zero-order chi connectivity index (χ0) is 12.0. The second kappa shape index (κ2) is 6.15. The van der Waals surface area contributed by atoms with Gasteiger partial charge in [-0.15, -0.1) is 0 Å². The molecule has 1 aromatic rings. The molecule has 0 saturated heterocycles. The molecule has 0 aliphatic rings. The van der Waals surface area contributed by atoms with Crippen LogP contribution in [-0.2, 0) is 0 Å². The first kappa shape index (κ1) is 12.5. The van der Waals surface area contributed by atoms with Crippen LogP contribution < -0.4 is 10.5 Å². The zero-order valence-electron chi connectivity index (χ0n) is 9.26. The fourth-order valence-corrected chi connectivity index (χ4v) is 1.25. The highest BCUT2D eigenvalue weighted by molar-refractivity contribution is 5.55. The summed E-state index contributed by atoms with van der Waals surface area (Å²) in [6.45, 7) is -0.0246. The number of nitrogens with two attached hydrogens (primary N) is 1. The number of aromatic hydroxyl groups is 1. The molecule has 1 rings (SSSR count). The summed E-state index contributed by atoms with van der Waals surface area (Å²) in [6, 6.07) is 4.86. The summed E-state index contributed by atoms with van der Waals surface area (Å²) in [7, 11) is 1.50. The predicted octanol–water partition coefficient (Wildman–Crippen LogP) is 1.12. The van der Waals surface area contributed by atoms with Crippen LogP contribution in [0.5, 0.6) is 11.5 Å². The molecule has 0 radical (unpaired) electrons. The first-order valence-electron chi connectivity index (χ1n) is 5.07. The summed E-state index contributed by atoms with van der Waals surface area (Å²) >= 11 is 0. The molecule has 0 aliphatic heterocycles. The SMILES string of the molecule is COc1cc(/C=C/CC(N)CO)ccc1O. The number of phenolic OH excluding ortho intramolecular Hbond substituents is 1. The van der Waals surface area contributed by atoms with Gasteiger partial charge in [0.1, 0.15) is 0 Å². The molecule has 16 heavy (non-hydrogen) atoms. The van der Waals surface area contributed by atoms with Crippen LogP contribution in [0.25, 0.3) is 6.08 Å². The second-order valence-corrected chi connectivity index (χ2v) is 3.51. The van der Waals surface area contributed by atoms with Gasteiger partial charge in [0.15, 0.2) is 11.5 Å². The quantitative estimate of drug-likeness (QED) is 0.699. The number of rotatable bonds is 5. The van der Waals surface area contributed by atoms with Gasteiger partial charge in [-0.1, -0.05) is 18.2 Å². The number of hydrogen-bond donors (Lipinski definition) is 3. The van der Waals surface area contributed by atoms with Crippen molar-refractivity contribution in [2.75, 3.05) is 13.7 Å². The lowest BCUT2D eigenvalue weighted by Gasteiger charge is -2.04. The lowest BCUT2D eigenvalue weighted by Crippen LogP contribution is -2.22. The average Bonchev–Trinajstić information content (AvgIpc) is 2.31. The Kier molecular flexibility index (Phi) is 4.82. The van der Waals surface area contributed by atoms with Crippen molar-refractivity contribution in [1.82, 2.24) is 0 Å². The summed E-state index contributed by atoms with van der Waals surface area (Å²) in [6.07, 6.45) is 4.36. The van der Waals surface area contributed by atoms with Crippen LogP contribution in [-0.4, -0.2) is 30.0 Å². The molecule has 0 fully saturated rings. The Bertz CT molecular complexity index is 363. The first-order chi connectivity index (χ1) is 7.67. The van der Waals surface area contributed by atoms with Gasteiger partial charge < -0.3 is 20.7 Å². The molecular weight excluding hydrogens is 206 g/mol. The third-order valence-corrected chi connectivity index (χ3v) is 2.19. The molecule has 88 valence electrons. The van der Waals surface area contributed by atoms with Crippen molar-refractivity contribution < 1.29 is 14.9 Å². The number of aliphatic hydroxyl groups excluding tert-OH is 1. The molecule has 0 amide bonds. The van der Waals surface area contributed by atoms with E-state index in [0.29, 0.717) is 12.2 Å². The van der Waals surface area contributed by atoms with Crippen LogP contribution in [0.2, 0.25) is 0 Å². The van der Waals surface area contributed by atoms with Gasteiger partial charge in [-0.3, -0.25) is 0 Å². The van der Waals surface area contributed by atoms with Crippen LogP contribution in [0.3, 0.4) is 0 Å². The topological polar surface area (TPSA) is 75.7 Å². The van der Waals surface area contributed by atoms with Crippen molar-refractivity contribution in [3.05, 3.63) is 29.8 Å². The summed E-state index contributed by atoms with van der Waals surface area (Å²) in [5, 5.41) is 18.1. The lowest BCUT2D eigenvalue weighted by molar-refractivity contribution is 0.267. The van der Waals surface area contributed by atoms with E-state index in [4.69, 9.17) is 15.6 Å². The lowest BCUT2D eigenvalue weighted by atomic mass is 10.1. The van der Waals surface area contributed by atoms with Crippen LogP contribution >= 0.6 is 0 Å². The van der Waals surface area contributed by atoms with Crippen molar-refractivity contribution in [2.24, 2.45) is 5.73 Å². The molecule has 1 aromatic carbocycles.